The number of aromatic nitrogens is 3. The summed E-state index contributed by atoms with van der Waals surface area (Å²) >= 11 is 6.24. The van der Waals surface area contributed by atoms with E-state index in [2.05, 4.69) is 9.97 Å². The maximum atomic E-state index is 6.28. The molecule has 21 heavy (non-hydrogen) atoms. The summed E-state index contributed by atoms with van der Waals surface area (Å²) in [5.74, 6) is 0.755. The largest absolute Gasteiger partial charge is 0.374 e. The van der Waals surface area contributed by atoms with E-state index in [9.17, 15) is 0 Å². The zero-order chi connectivity index (χ0) is 15.6. The van der Waals surface area contributed by atoms with Gasteiger partial charge in [0.05, 0.1) is 11.7 Å². The Kier molecular flexibility index (Phi) is 5.16. The van der Waals surface area contributed by atoms with Crippen LogP contribution >= 0.6 is 11.6 Å². The molecule has 0 bridgehead atoms. The van der Waals surface area contributed by atoms with E-state index < -0.39 is 0 Å². The third-order valence-corrected chi connectivity index (χ3v) is 3.84. The number of hydrogen-bond donors (Lipinski definition) is 2. The van der Waals surface area contributed by atoms with Crippen molar-refractivity contribution in [2.24, 2.45) is 11.5 Å². The average molecular weight is 312 g/mol. The van der Waals surface area contributed by atoms with Gasteiger partial charge in [0.2, 0.25) is 0 Å². The molecule has 0 fully saturated rings. The van der Waals surface area contributed by atoms with Crippen molar-refractivity contribution in [3.8, 4) is 0 Å². The molecule has 0 spiro atoms. The number of nitrogens with zero attached hydrogens (tertiary/aromatic N) is 3. The van der Waals surface area contributed by atoms with Crippen molar-refractivity contribution in [2.45, 2.75) is 40.0 Å². The molecule has 0 aromatic carbocycles. The molecule has 1 atom stereocenters. The molecule has 2 rings (SSSR count). The number of rotatable bonds is 6. The van der Waals surface area contributed by atoms with Gasteiger partial charge in [-0.2, -0.15) is 0 Å². The fourth-order valence-electron chi connectivity index (χ4n) is 2.39. The van der Waals surface area contributed by atoms with E-state index >= 15 is 0 Å². The zero-order valence-electron chi connectivity index (χ0n) is 12.7. The molecule has 2 heterocycles. The van der Waals surface area contributed by atoms with E-state index in [1.165, 1.54) is 0 Å². The first-order chi connectivity index (χ1) is 10.0. The van der Waals surface area contributed by atoms with Gasteiger partial charge in [0.25, 0.3) is 0 Å². The molecular weight excluding hydrogens is 290 g/mol. The lowest BCUT2D eigenvalue weighted by molar-refractivity contribution is 0.124. The summed E-state index contributed by atoms with van der Waals surface area (Å²) in [6.07, 6.45) is 0.398. The second kappa shape index (κ2) is 6.70. The number of hydrogen-bond acceptors (Lipinski definition) is 5. The molecule has 4 N–H and O–H groups in total. The zero-order valence-corrected chi connectivity index (χ0v) is 13.4. The minimum absolute atomic E-state index is 0.257. The van der Waals surface area contributed by atoms with Gasteiger partial charge < -0.3 is 20.8 Å². The quantitative estimate of drug-likeness (QED) is 0.796. The number of halogens is 1. The standard InChI is InChI=1S/C14H22ClN5O/c1-4-21-7-11-19-12-13(20(11)10(17)5-6-16)8(2)9(3)18-14(12)15/h10H,4-7,16-17H2,1-3H3. The van der Waals surface area contributed by atoms with Gasteiger partial charge in [-0.1, -0.05) is 11.6 Å². The number of fused-ring (bicyclic) bond motifs is 1. The molecule has 2 aromatic heterocycles. The Balaban J connectivity index is 2.68. The Morgan fingerprint density at radius 2 is 2.05 bits per heavy atom. The molecule has 0 saturated heterocycles. The first kappa shape index (κ1) is 16.2. The van der Waals surface area contributed by atoms with Crippen LogP contribution in [-0.2, 0) is 11.3 Å². The summed E-state index contributed by atoms with van der Waals surface area (Å²) in [7, 11) is 0. The molecule has 0 aliphatic carbocycles. The van der Waals surface area contributed by atoms with Crippen molar-refractivity contribution < 1.29 is 4.74 Å². The van der Waals surface area contributed by atoms with Gasteiger partial charge in [-0.15, -0.1) is 0 Å². The van der Waals surface area contributed by atoms with Gasteiger partial charge in [-0.3, -0.25) is 0 Å². The number of aryl methyl sites for hydroxylation is 2. The van der Waals surface area contributed by atoms with Gasteiger partial charge in [0, 0.05) is 12.3 Å². The van der Waals surface area contributed by atoms with Crippen LogP contribution in [0.1, 0.15) is 36.6 Å². The summed E-state index contributed by atoms with van der Waals surface area (Å²) in [5.41, 5.74) is 15.4. The Bertz CT molecular complexity index is 640. The smallest absolute Gasteiger partial charge is 0.157 e. The van der Waals surface area contributed by atoms with E-state index in [1.54, 1.807) is 0 Å². The van der Waals surface area contributed by atoms with Gasteiger partial charge in [0.15, 0.2) is 5.15 Å². The van der Waals surface area contributed by atoms with Crippen LogP contribution in [0.15, 0.2) is 0 Å². The number of imidazole rings is 1. The highest BCUT2D eigenvalue weighted by atomic mass is 35.5. The molecule has 116 valence electrons. The topological polar surface area (TPSA) is 92.0 Å². The predicted molar refractivity (Wildman–Crippen MR) is 84.2 cm³/mol. The minimum atomic E-state index is -0.257. The van der Waals surface area contributed by atoms with Crippen LogP contribution < -0.4 is 11.5 Å². The van der Waals surface area contributed by atoms with E-state index in [1.807, 2.05) is 25.3 Å². The maximum Gasteiger partial charge on any atom is 0.157 e. The normalized spacial score (nSPS) is 13.0. The van der Waals surface area contributed by atoms with Gasteiger partial charge in [-0.05, 0) is 39.3 Å². The molecular formula is C14H22ClN5O. The molecule has 2 aromatic rings. The van der Waals surface area contributed by atoms with E-state index in [4.69, 9.17) is 27.8 Å². The van der Waals surface area contributed by atoms with Crippen molar-refractivity contribution in [1.29, 1.82) is 0 Å². The maximum absolute atomic E-state index is 6.28. The van der Waals surface area contributed by atoms with Crippen molar-refractivity contribution in [2.75, 3.05) is 13.2 Å². The third kappa shape index (κ3) is 3.03. The van der Waals surface area contributed by atoms with E-state index in [0.717, 1.165) is 22.6 Å². The second-order valence-electron chi connectivity index (χ2n) is 4.99. The van der Waals surface area contributed by atoms with Crippen molar-refractivity contribution in [3.63, 3.8) is 0 Å². The highest BCUT2D eigenvalue weighted by molar-refractivity contribution is 6.33. The predicted octanol–water partition coefficient (Wildman–Crippen LogP) is 2.04. The van der Waals surface area contributed by atoms with Crippen LogP contribution in [0, 0.1) is 13.8 Å². The molecule has 0 amide bonds. The summed E-state index contributed by atoms with van der Waals surface area (Å²) in [6, 6.07) is 0. The Hall–Kier alpha value is -1.21. The lowest BCUT2D eigenvalue weighted by Crippen LogP contribution is -2.24. The first-order valence-electron chi connectivity index (χ1n) is 7.08. The summed E-state index contributed by atoms with van der Waals surface area (Å²) in [4.78, 5) is 8.90. The number of pyridine rings is 1. The van der Waals surface area contributed by atoms with Gasteiger partial charge >= 0.3 is 0 Å². The SMILES string of the molecule is CCOCc1nc2c(Cl)nc(C)c(C)c2n1C(N)CCN. The van der Waals surface area contributed by atoms with Crippen LogP contribution in [-0.4, -0.2) is 27.7 Å². The van der Waals surface area contributed by atoms with Crippen LogP contribution in [0.25, 0.3) is 11.0 Å². The van der Waals surface area contributed by atoms with Crippen molar-refractivity contribution >= 4 is 22.6 Å². The van der Waals surface area contributed by atoms with Crippen molar-refractivity contribution in [3.05, 3.63) is 22.2 Å². The summed E-state index contributed by atoms with van der Waals surface area (Å²) < 4.78 is 7.47. The fraction of sp³-hybridized carbons (Fsp3) is 0.571. The molecule has 0 aliphatic heterocycles. The van der Waals surface area contributed by atoms with Gasteiger partial charge in [0.1, 0.15) is 17.9 Å². The van der Waals surface area contributed by atoms with Crippen LogP contribution in [0.3, 0.4) is 0 Å². The fourth-order valence-corrected chi connectivity index (χ4v) is 2.65. The van der Waals surface area contributed by atoms with E-state index in [0.29, 0.717) is 36.8 Å². The lowest BCUT2D eigenvalue weighted by atomic mass is 10.2. The lowest BCUT2D eigenvalue weighted by Gasteiger charge is -2.18. The Morgan fingerprint density at radius 1 is 1.33 bits per heavy atom. The molecule has 0 aliphatic rings. The number of ether oxygens (including phenoxy) is 1. The van der Waals surface area contributed by atoms with Crippen molar-refractivity contribution in [1.82, 2.24) is 14.5 Å². The summed E-state index contributed by atoms with van der Waals surface area (Å²) in [5, 5.41) is 0.393. The first-order valence-corrected chi connectivity index (χ1v) is 7.45. The molecule has 6 nitrogen and oxygen atoms in total. The van der Waals surface area contributed by atoms with Crippen LogP contribution in [0.2, 0.25) is 5.15 Å². The molecule has 0 radical (unpaired) electrons. The summed E-state index contributed by atoms with van der Waals surface area (Å²) in [6.45, 7) is 7.37. The van der Waals surface area contributed by atoms with Gasteiger partial charge in [-0.25, -0.2) is 9.97 Å². The average Bonchev–Trinajstić information content (AvgIpc) is 2.83. The van der Waals surface area contributed by atoms with Crippen LogP contribution in [0.4, 0.5) is 0 Å². The molecule has 0 saturated carbocycles. The Labute approximate surface area is 129 Å². The Morgan fingerprint density at radius 3 is 2.67 bits per heavy atom. The highest BCUT2D eigenvalue weighted by Gasteiger charge is 2.21. The van der Waals surface area contributed by atoms with Crippen LogP contribution in [0.5, 0.6) is 0 Å². The third-order valence-electron chi connectivity index (χ3n) is 3.57. The van der Waals surface area contributed by atoms with E-state index in [-0.39, 0.29) is 6.17 Å². The highest BCUT2D eigenvalue weighted by Crippen LogP contribution is 2.29. The molecule has 7 heteroatoms. The monoisotopic (exact) mass is 311 g/mol. The number of nitrogens with two attached hydrogens (primary N) is 2. The molecule has 1 unspecified atom stereocenters. The minimum Gasteiger partial charge on any atom is -0.374 e. The second-order valence-corrected chi connectivity index (χ2v) is 5.35.